The second kappa shape index (κ2) is 7.22. The van der Waals surface area contributed by atoms with Crippen molar-refractivity contribution in [2.24, 2.45) is 5.73 Å². The predicted octanol–water partition coefficient (Wildman–Crippen LogP) is 1.64. The van der Waals surface area contributed by atoms with Crippen LogP contribution in [0.3, 0.4) is 0 Å². The fourth-order valence-corrected chi connectivity index (χ4v) is 3.54. The summed E-state index contributed by atoms with van der Waals surface area (Å²) in [5, 5.41) is 2.90. The lowest BCUT2D eigenvalue weighted by molar-refractivity contribution is -0.147. The molecule has 0 saturated carbocycles. The Morgan fingerprint density at radius 3 is 2.61 bits per heavy atom. The molecule has 8 nitrogen and oxygen atoms in total. The van der Waals surface area contributed by atoms with E-state index >= 15 is 0 Å². The first-order chi connectivity index (χ1) is 13.4. The third-order valence-electron chi connectivity index (χ3n) is 4.54. The smallest absolute Gasteiger partial charge is 0.339 e. The van der Waals surface area contributed by atoms with Crippen LogP contribution >= 0.6 is 0 Å². The topological polar surface area (TPSA) is 117 Å². The molecule has 0 radical (unpaired) electrons. The fourth-order valence-electron chi connectivity index (χ4n) is 3.54. The van der Waals surface area contributed by atoms with Gasteiger partial charge >= 0.3 is 17.9 Å². The van der Waals surface area contributed by atoms with Crippen molar-refractivity contribution in [3.05, 3.63) is 65.2 Å². The number of fused-ring (bicyclic) bond motifs is 2. The number of hydrogen-bond acceptors (Lipinski definition) is 8. The molecule has 0 aromatic heterocycles. The van der Waals surface area contributed by atoms with Crippen LogP contribution in [-0.2, 0) is 34.0 Å². The first kappa shape index (κ1) is 19.2. The maximum Gasteiger partial charge on any atom is 0.339 e. The van der Waals surface area contributed by atoms with E-state index in [4.69, 9.17) is 19.9 Å². The molecule has 0 fully saturated rings. The maximum atomic E-state index is 13.2. The van der Waals surface area contributed by atoms with Gasteiger partial charge in [0.05, 0.1) is 6.61 Å². The quantitative estimate of drug-likeness (QED) is 0.447. The zero-order valence-electron chi connectivity index (χ0n) is 15.5. The highest BCUT2D eigenvalue weighted by Gasteiger charge is 2.62. The van der Waals surface area contributed by atoms with Crippen molar-refractivity contribution in [2.75, 3.05) is 18.5 Å². The van der Waals surface area contributed by atoms with Crippen molar-refractivity contribution in [1.82, 2.24) is 0 Å². The van der Waals surface area contributed by atoms with Crippen LogP contribution in [0.25, 0.3) is 0 Å². The van der Waals surface area contributed by atoms with Crippen LogP contribution < -0.4 is 11.1 Å². The van der Waals surface area contributed by atoms with E-state index in [0.29, 0.717) is 11.3 Å². The summed E-state index contributed by atoms with van der Waals surface area (Å²) in [5.74, 6) is -2.53. The summed E-state index contributed by atoms with van der Waals surface area (Å²) in [5.41, 5.74) is 4.72. The third-order valence-corrected chi connectivity index (χ3v) is 4.54. The van der Waals surface area contributed by atoms with Gasteiger partial charge in [0.2, 0.25) is 0 Å². The molecule has 2 aliphatic heterocycles. The molecule has 0 saturated heterocycles. The number of hydrogen-bond donors (Lipinski definition) is 2. The van der Waals surface area contributed by atoms with E-state index in [0.717, 1.165) is 0 Å². The molecule has 1 spiro atoms. The van der Waals surface area contributed by atoms with Crippen molar-refractivity contribution in [1.29, 1.82) is 0 Å². The monoisotopic (exact) mass is 384 g/mol. The number of allylic oxidation sites excluding steroid dienone is 1. The Hall–Kier alpha value is -3.55. The van der Waals surface area contributed by atoms with Crippen LogP contribution in [0.2, 0.25) is 0 Å². The molecular formula is C20H20N2O6. The van der Waals surface area contributed by atoms with Crippen molar-refractivity contribution in [2.45, 2.75) is 19.3 Å². The number of anilines is 1. The molecule has 0 aliphatic carbocycles. The Morgan fingerprint density at radius 2 is 1.93 bits per heavy atom. The molecule has 1 atom stereocenters. The number of cyclic esters (lactones) is 1. The van der Waals surface area contributed by atoms with Gasteiger partial charge in [-0.05, 0) is 19.9 Å². The highest BCUT2D eigenvalue weighted by molar-refractivity contribution is 6.15. The highest BCUT2D eigenvalue weighted by atomic mass is 16.6. The van der Waals surface area contributed by atoms with E-state index in [9.17, 15) is 14.4 Å². The van der Waals surface area contributed by atoms with E-state index in [2.05, 4.69) is 11.9 Å². The number of nitrogens with one attached hydrogen (secondary N) is 1. The maximum absolute atomic E-state index is 13.2. The Kier molecular flexibility index (Phi) is 4.96. The normalized spacial score (nSPS) is 20.4. The lowest BCUT2D eigenvalue weighted by atomic mass is 9.67. The molecule has 3 rings (SSSR count). The summed E-state index contributed by atoms with van der Waals surface area (Å²) in [7, 11) is 0. The number of carbonyl (C=O) groups excluding carboxylic acids is 3. The Balaban J connectivity index is 2.33. The average Bonchev–Trinajstić information content (AvgIpc) is 2.90. The molecule has 2 heterocycles. The SMILES string of the molecule is C=CCOC(=O)C1=C(C)OC(=O)[C@]12C(C(=O)OCC)=C(N)Nc1ccccc12. The van der Waals surface area contributed by atoms with E-state index in [1.54, 1.807) is 31.2 Å². The Labute approximate surface area is 161 Å². The lowest BCUT2D eigenvalue weighted by Crippen LogP contribution is -2.47. The number of rotatable bonds is 5. The van der Waals surface area contributed by atoms with Gasteiger partial charge in [0.1, 0.15) is 29.3 Å². The zero-order valence-corrected chi connectivity index (χ0v) is 15.5. The van der Waals surface area contributed by atoms with Crippen LogP contribution in [0.4, 0.5) is 5.69 Å². The number of esters is 3. The standard InChI is InChI=1S/C20H20N2O6/c1-4-10-27-17(23)14-11(3)28-19(25)20(14)12-8-6-7-9-13(12)22-16(21)15(20)18(24)26-5-2/h4,6-9,22H,1,5,10,21H2,2-3H3/t20-/m0/s1. The number of ether oxygens (including phenoxy) is 3. The fraction of sp³-hybridized carbons (Fsp3) is 0.250. The van der Waals surface area contributed by atoms with E-state index in [1.165, 1.54) is 13.0 Å². The van der Waals surface area contributed by atoms with Gasteiger partial charge in [-0.1, -0.05) is 30.9 Å². The Bertz CT molecular complexity index is 946. The minimum absolute atomic E-state index is 0.0327. The largest absolute Gasteiger partial charge is 0.462 e. The summed E-state index contributed by atoms with van der Waals surface area (Å²) in [6.07, 6.45) is 1.39. The molecular weight excluding hydrogens is 364 g/mol. The minimum Gasteiger partial charge on any atom is -0.462 e. The third kappa shape index (κ3) is 2.65. The molecule has 28 heavy (non-hydrogen) atoms. The van der Waals surface area contributed by atoms with Gasteiger partial charge in [-0.25, -0.2) is 14.4 Å². The van der Waals surface area contributed by atoms with Crippen molar-refractivity contribution < 1.29 is 28.6 Å². The zero-order chi connectivity index (χ0) is 20.5. The van der Waals surface area contributed by atoms with Gasteiger partial charge in [0.15, 0.2) is 5.41 Å². The minimum atomic E-state index is -1.89. The van der Waals surface area contributed by atoms with Crippen LogP contribution in [0, 0.1) is 0 Å². The van der Waals surface area contributed by atoms with Gasteiger partial charge in [-0.3, -0.25) is 0 Å². The van der Waals surface area contributed by atoms with Gasteiger partial charge in [-0.15, -0.1) is 0 Å². The Morgan fingerprint density at radius 1 is 1.25 bits per heavy atom. The predicted molar refractivity (Wildman–Crippen MR) is 99.5 cm³/mol. The lowest BCUT2D eigenvalue weighted by Gasteiger charge is -2.35. The number of nitrogens with two attached hydrogens (primary N) is 1. The second-order valence-electron chi connectivity index (χ2n) is 6.14. The summed E-state index contributed by atoms with van der Waals surface area (Å²) in [6.45, 7) is 6.57. The summed E-state index contributed by atoms with van der Waals surface area (Å²) >= 11 is 0. The second-order valence-corrected chi connectivity index (χ2v) is 6.14. The van der Waals surface area contributed by atoms with Gasteiger partial charge in [0, 0.05) is 11.3 Å². The molecule has 0 unspecified atom stereocenters. The molecule has 1 aromatic carbocycles. The number of benzene rings is 1. The molecule has 0 amide bonds. The van der Waals surface area contributed by atoms with Crippen LogP contribution in [0.1, 0.15) is 19.4 Å². The highest BCUT2D eigenvalue weighted by Crippen LogP contribution is 2.52. The van der Waals surface area contributed by atoms with Crippen molar-refractivity contribution in [3.63, 3.8) is 0 Å². The first-order valence-electron chi connectivity index (χ1n) is 8.65. The number of para-hydroxylation sites is 1. The summed E-state index contributed by atoms with van der Waals surface area (Å²) in [4.78, 5) is 38.9. The van der Waals surface area contributed by atoms with Crippen molar-refractivity contribution in [3.8, 4) is 0 Å². The van der Waals surface area contributed by atoms with Gasteiger partial charge in [0.25, 0.3) is 0 Å². The summed E-state index contributed by atoms with van der Waals surface area (Å²) < 4.78 is 15.6. The van der Waals surface area contributed by atoms with Gasteiger partial charge < -0.3 is 25.3 Å². The van der Waals surface area contributed by atoms with Crippen LogP contribution in [-0.4, -0.2) is 31.1 Å². The van der Waals surface area contributed by atoms with Crippen LogP contribution in [0.5, 0.6) is 0 Å². The molecule has 8 heteroatoms. The molecule has 1 aromatic rings. The molecule has 146 valence electrons. The van der Waals surface area contributed by atoms with Gasteiger partial charge in [-0.2, -0.15) is 0 Å². The van der Waals surface area contributed by atoms with Crippen molar-refractivity contribution >= 4 is 23.6 Å². The average molecular weight is 384 g/mol. The molecule has 0 bridgehead atoms. The van der Waals surface area contributed by atoms with E-state index < -0.39 is 23.3 Å². The van der Waals surface area contributed by atoms with E-state index in [1.807, 2.05) is 0 Å². The molecule has 2 aliphatic rings. The number of carbonyl (C=O) groups is 3. The van der Waals surface area contributed by atoms with E-state index in [-0.39, 0.29) is 35.9 Å². The summed E-state index contributed by atoms with van der Waals surface area (Å²) in [6, 6.07) is 6.71. The van der Waals surface area contributed by atoms with Crippen LogP contribution in [0.15, 0.2) is 59.6 Å². The first-order valence-corrected chi connectivity index (χ1v) is 8.65. The molecule has 3 N–H and O–H groups in total.